The van der Waals surface area contributed by atoms with Gasteiger partial charge in [-0.1, -0.05) is 12.1 Å². The van der Waals surface area contributed by atoms with Crippen LogP contribution in [0.1, 0.15) is 0 Å². The van der Waals surface area contributed by atoms with E-state index in [0.717, 1.165) is 6.07 Å². The number of hydrogen-bond acceptors (Lipinski definition) is 7. The van der Waals surface area contributed by atoms with Crippen LogP contribution in [0.25, 0.3) is 10.8 Å². The first-order chi connectivity index (χ1) is 8.60. The van der Waals surface area contributed by atoms with E-state index in [0.29, 0.717) is 6.07 Å². The topological polar surface area (TPSA) is 140 Å². The van der Waals surface area contributed by atoms with Gasteiger partial charge in [-0.25, -0.2) is 16.8 Å². The normalized spacial score (nSPS) is 11.5. The summed E-state index contributed by atoms with van der Waals surface area (Å²) < 4.78 is 66.4. The minimum atomic E-state index is -4.94. The zero-order valence-corrected chi connectivity index (χ0v) is 16.9. The minimum absolute atomic E-state index is 0. The molecule has 0 spiro atoms. The average molecular weight is 347 g/mol. The van der Waals surface area contributed by atoms with Crippen LogP contribution in [0, 0.1) is 0 Å². The van der Waals surface area contributed by atoms with Crippen molar-refractivity contribution in [2.75, 3.05) is 5.73 Å². The summed E-state index contributed by atoms with van der Waals surface area (Å²) in [5, 5.41) is -0.00347. The quantitative estimate of drug-likeness (QED) is 0.324. The van der Waals surface area contributed by atoms with Crippen molar-refractivity contribution in [2.45, 2.75) is 9.79 Å². The van der Waals surface area contributed by atoms with Crippen molar-refractivity contribution < 1.29 is 85.1 Å². The fourth-order valence-electron chi connectivity index (χ4n) is 1.70. The Kier molecular flexibility index (Phi) is 7.37. The second-order valence-electron chi connectivity index (χ2n) is 3.77. The molecule has 0 aliphatic heterocycles. The minimum Gasteiger partial charge on any atom is -0.744 e. The zero-order chi connectivity index (χ0) is 14.4. The third-order valence-electron chi connectivity index (χ3n) is 2.52. The molecule has 2 aromatic rings. The summed E-state index contributed by atoms with van der Waals surface area (Å²) in [6.07, 6.45) is 0. The molecule has 11 heteroatoms. The Hall–Kier alpha value is 0.320. The van der Waals surface area contributed by atoms with Crippen LogP contribution in [0.2, 0.25) is 0 Å². The molecule has 7 nitrogen and oxygen atoms in total. The molecule has 102 valence electrons. The van der Waals surface area contributed by atoms with E-state index < -0.39 is 30.0 Å². The van der Waals surface area contributed by atoms with Crippen molar-refractivity contribution in [3.05, 3.63) is 30.3 Å². The van der Waals surface area contributed by atoms with Crippen LogP contribution < -0.4 is 64.8 Å². The molecular formula is C10H7NNa2O6S2. The smallest absolute Gasteiger partial charge is 0.744 e. The third-order valence-corrected chi connectivity index (χ3v) is 4.21. The Morgan fingerprint density at radius 1 is 0.857 bits per heavy atom. The molecule has 0 atom stereocenters. The summed E-state index contributed by atoms with van der Waals surface area (Å²) in [5.74, 6) is 0. The van der Waals surface area contributed by atoms with Gasteiger partial charge in [-0.2, -0.15) is 0 Å². The van der Waals surface area contributed by atoms with Crippen molar-refractivity contribution in [3.8, 4) is 0 Å². The van der Waals surface area contributed by atoms with Gasteiger partial charge >= 0.3 is 59.1 Å². The van der Waals surface area contributed by atoms with E-state index in [-0.39, 0.29) is 75.6 Å². The van der Waals surface area contributed by atoms with Gasteiger partial charge in [0.2, 0.25) is 0 Å². The molecule has 2 N–H and O–H groups in total. The monoisotopic (exact) mass is 347 g/mol. The second kappa shape index (κ2) is 7.26. The van der Waals surface area contributed by atoms with Gasteiger partial charge in [-0.05, 0) is 18.2 Å². The largest absolute Gasteiger partial charge is 1.00 e. The standard InChI is InChI=1S/C10H9NO6S2.2Na/c11-9-3-1-2-7-8(9)4-6(18(12,13)14)5-10(7)19(15,16)17;;/h1-5H,11H2,(H,12,13,14)(H,15,16,17);;/q;2*+1/p-2. The molecule has 0 amide bonds. The maximum atomic E-state index is 11.1. The first-order valence-corrected chi connectivity index (χ1v) is 7.66. The number of hydrogen-bond donors (Lipinski definition) is 1. The predicted molar refractivity (Wildman–Crippen MR) is 64.3 cm³/mol. The van der Waals surface area contributed by atoms with Gasteiger partial charge in [0.15, 0.2) is 0 Å². The van der Waals surface area contributed by atoms with E-state index >= 15 is 0 Å². The Morgan fingerprint density at radius 2 is 1.43 bits per heavy atom. The van der Waals surface area contributed by atoms with Crippen molar-refractivity contribution >= 4 is 36.7 Å². The third kappa shape index (κ3) is 4.64. The fraction of sp³-hybridized carbons (Fsp3) is 0. The van der Waals surface area contributed by atoms with Gasteiger partial charge < -0.3 is 14.8 Å². The van der Waals surface area contributed by atoms with Gasteiger partial charge in [-0.15, -0.1) is 0 Å². The molecule has 0 fully saturated rings. The molecule has 2 aromatic carbocycles. The number of rotatable bonds is 2. The van der Waals surface area contributed by atoms with Crippen LogP contribution in [-0.4, -0.2) is 25.9 Å². The van der Waals surface area contributed by atoms with E-state index in [1.54, 1.807) is 0 Å². The Bertz CT molecular complexity index is 880. The summed E-state index contributed by atoms with van der Waals surface area (Å²) in [7, 11) is -9.84. The molecule has 0 saturated carbocycles. The Balaban J connectivity index is 0.00000200. The number of benzene rings is 2. The van der Waals surface area contributed by atoms with E-state index in [1.165, 1.54) is 18.2 Å². The molecule has 0 bridgehead atoms. The Labute approximate surface area is 166 Å². The first-order valence-electron chi connectivity index (χ1n) is 4.85. The van der Waals surface area contributed by atoms with Crippen LogP contribution in [0.4, 0.5) is 5.69 Å². The summed E-state index contributed by atoms with van der Waals surface area (Å²) in [6.45, 7) is 0. The molecule has 0 heterocycles. The van der Waals surface area contributed by atoms with Crippen LogP contribution in [-0.2, 0) is 20.2 Å². The second-order valence-corrected chi connectivity index (χ2v) is 6.50. The summed E-state index contributed by atoms with van der Waals surface area (Å²) >= 11 is 0. The van der Waals surface area contributed by atoms with Gasteiger partial charge in [0.05, 0.1) is 9.79 Å². The van der Waals surface area contributed by atoms with Gasteiger partial charge in [0, 0.05) is 16.5 Å². The van der Waals surface area contributed by atoms with Crippen molar-refractivity contribution in [1.29, 1.82) is 0 Å². The molecule has 0 aromatic heterocycles. The fourth-order valence-corrected chi connectivity index (χ4v) is 3.02. The molecule has 2 rings (SSSR count). The average Bonchev–Trinajstić information content (AvgIpc) is 2.25. The molecular weight excluding hydrogens is 340 g/mol. The van der Waals surface area contributed by atoms with Gasteiger partial charge in [0.1, 0.15) is 20.2 Å². The Morgan fingerprint density at radius 3 is 1.90 bits per heavy atom. The number of nitrogen functional groups attached to an aromatic ring is 1. The van der Waals surface area contributed by atoms with Crippen LogP contribution in [0.3, 0.4) is 0 Å². The van der Waals surface area contributed by atoms with Crippen LogP contribution in [0.15, 0.2) is 40.1 Å². The van der Waals surface area contributed by atoms with Crippen molar-refractivity contribution in [1.82, 2.24) is 0 Å². The zero-order valence-electron chi connectivity index (χ0n) is 11.2. The van der Waals surface area contributed by atoms with Crippen LogP contribution >= 0.6 is 0 Å². The molecule has 0 unspecified atom stereocenters. The number of fused-ring (bicyclic) bond motifs is 1. The van der Waals surface area contributed by atoms with E-state index in [2.05, 4.69) is 0 Å². The van der Waals surface area contributed by atoms with Crippen LogP contribution in [0.5, 0.6) is 0 Å². The van der Waals surface area contributed by atoms with Gasteiger partial charge in [-0.3, -0.25) is 0 Å². The van der Waals surface area contributed by atoms with E-state index in [9.17, 15) is 25.9 Å². The summed E-state index contributed by atoms with van der Waals surface area (Å²) in [6, 6.07) is 5.61. The molecule has 0 aliphatic rings. The summed E-state index contributed by atoms with van der Waals surface area (Å²) in [5.41, 5.74) is 5.65. The molecule has 0 radical (unpaired) electrons. The predicted octanol–water partition coefficient (Wildman–Crippen LogP) is -5.76. The molecule has 0 saturated heterocycles. The summed E-state index contributed by atoms with van der Waals surface area (Å²) in [4.78, 5) is -1.60. The maximum absolute atomic E-state index is 11.1. The molecule has 0 aliphatic carbocycles. The van der Waals surface area contributed by atoms with Gasteiger partial charge in [0.25, 0.3) is 0 Å². The van der Waals surface area contributed by atoms with Crippen molar-refractivity contribution in [3.63, 3.8) is 0 Å². The van der Waals surface area contributed by atoms with E-state index in [4.69, 9.17) is 5.73 Å². The number of anilines is 1. The first kappa shape index (κ1) is 21.3. The van der Waals surface area contributed by atoms with E-state index in [1.807, 2.05) is 0 Å². The van der Waals surface area contributed by atoms with Crippen molar-refractivity contribution in [2.24, 2.45) is 0 Å². The maximum Gasteiger partial charge on any atom is 1.00 e. The number of nitrogens with two attached hydrogens (primary N) is 1. The SMILES string of the molecule is Nc1cccc2c(S(=O)(=O)[O-])cc(S(=O)(=O)[O-])cc12.[Na+].[Na+]. The molecule has 21 heavy (non-hydrogen) atoms.